The number of rotatable bonds is 6. The molecule has 1 aromatic rings. The van der Waals surface area contributed by atoms with Crippen molar-refractivity contribution in [1.29, 1.82) is 0 Å². The van der Waals surface area contributed by atoms with E-state index in [9.17, 15) is 10.1 Å². The Labute approximate surface area is 129 Å². The molecule has 0 amide bonds. The van der Waals surface area contributed by atoms with E-state index in [1.165, 1.54) is 0 Å². The predicted octanol–water partition coefficient (Wildman–Crippen LogP) is 2.96. The zero-order valence-electron chi connectivity index (χ0n) is 13.0. The zero-order valence-corrected chi connectivity index (χ0v) is 13.0. The molecule has 0 aliphatic carbocycles. The molecule has 0 radical (unpaired) electrons. The summed E-state index contributed by atoms with van der Waals surface area (Å²) in [4.78, 5) is 10.8. The first kappa shape index (κ1) is 15.2. The van der Waals surface area contributed by atoms with Crippen LogP contribution >= 0.6 is 0 Å². The van der Waals surface area contributed by atoms with Gasteiger partial charge in [-0.3, -0.25) is 10.1 Å². The van der Waals surface area contributed by atoms with Crippen molar-refractivity contribution < 1.29 is 14.4 Å². The molecule has 2 aliphatic rings. The SMILES string of the molecule is CCOc1ccc([C@H](C)N[C@H]2C[C@H]3CC[C@H]2O3)cc1[N+](=O)[O-]. The Kier molecular flexibility index (Phi) is 4.31. The smallest absolute Gasteiger partial charge is 0.311 e. The number of nitrogens with one attached hydrogen (secondary N) is 1. The van der Waals surface area contributed by atoms with Gasteiger partial charge in [0.15, 0.2) is 5.75 Å². The monoisotopic (exact) mass is 306 g/mol. The fraction of sp³-hybridized carbons (Fsp3) is 0.625. The standard InChI is InChI=1S/C16H22N2O4/c1-3-21-16-6-4-11(8-14(16)18(19)20)10(2)17-13-9-12-5-7-15(13)22-12/h4,6,8,10,12-13,15,17H,3,5,7,9H2,1-2H3/t10-,12+,13-,15+/m0/s1. The van der Waals surface area contributed by atoms with Crippen LogP contribution in [-0.4, -0.2) is 29.8 Å². The zero-order chi connectivity index (χ0) is 15.7. The van der Waals surface area contributed by atoms with Gasteiger partial charge in [0.1, 0.15) is 0 Å². The fourth-order valence-corrected chi connectivity index (χ4v) is 3.45. The molecule has 2 aliphatic heterocycles. The molecule has 0 saturated carbocycles. The summed E-state index contributed by atoms with van der Waals surface area (Å²) in [5.74, 6) is 0.326. The lowest BCUT2D eigenvalue weighted by atomic mass is 9.94. The third-order valence-electron chi connectivity index (χ3n) is 4.55. The van der Waals surface area contributed by atoms with Gasteiger partial charge in [0.2, 0.25) is 0 Å². The molecule has 2 saturated heterocycles. The molecule has 2 heterocycles. The lowest BCUT2D eigenvalue weighted by Gasteiger charge is -2.25. The maximum Gasteiger partial charge on any atom is 0.311 e. The molecule has 120 valence electrons. The molecular weight excluding hydrogens is 284 g/mol. The molecule has 6 nitrogen and oxygen atoms in total. The van der Waals surface area contributed by atoms with Crippen LogP contribution < -0.4 is 10.1 Å². The highest BCUT2D eigenvalue weighted by Gasteiger charge is 2.41. The van der Waals surface area contributed by atoms with Crippen LogP contribution in [0.2, 0.25) is 0 Å². The summed E-state index contributed by atoms with van der Waals surface area (Å²) >= 11 is 0. The highest BCUT2D eigenvalue weighted by molar-refractivity contribution is 5.49. The maximum atomic E-state index is 11.2. The number of fused-ring (bicyclic) bond motifs is 2. The van der Waals surface area contributed by atoms with E-state index < -0.39 is 0 Å². The van der Waals surface area contributed by atoms with E-state index >= 15 is 0 Å². The lowest BCUT2D eigenvalue weighted by Crippen LogP contribution is -2.38. The first-order valence-corrected chi connectivity index (χ1v) is 7.91. The number of hydrogen-bond donors (Lipinski definition) is 1. The van der Waals surface area contributed by atoms with Crippen molar-refractivity contribution in [3.05, 3.63) is 33.9 Å². The summed E-state index contributed by atoms with van der Waals surface area (Å²) in [6, 6.07) is 5.58. The molecule has 4 atom stereocenters. The highest BCUT2D eigenvalue weighted by atomic mass is 16.6. The highest BCUT2D eigenvalue weighted by Crippen LogP contribution is 2.36. The molecule has 0 spiro atoms. The van der Waals surface area contributed by atoms with Crippen molar-refractivity contribution >= 4 is 5.69 Å². The number of nitro groups is 1. The van der Waals surface area contributed by atoms with E-state index in [1.807, 2.05) is 19.9 Å². The molecule has 22 heavy (non-hydrogen) atoms. The molecule has 2 bridgehead atoms. The van der Waals surface area contributed by atoms with Crippen molar-refractivity contribution in [1.82, 2.24) is 5.32 Å². The van der Waals surface area contributed by atoms with Crippen molar-refractivity contribution in [3.63, 3.8) is 0 Å². The summed E-state index contributed by atoms with van der Waals surface area (Å²) < 4.78 is 11.2. The molecular formula is C16H22N2O4. The van der Waals surface area contributed by atoms with Crippen LogP contribution in [0.5, 0.6) is 5.75 Å². The van der Waals surface area contributed by atoms with Crippen LogP contribution in [0.1, 0.15) is 44.7 Å². The van der Waals surface area contributed by atoms with Gasteiger partial charge in [0.05, 0.1) is 23.7 Å². The van der Waals surface area contributed by atoms with E-state index in [0.29, 0.717) is 30.6 Å². The largest absolute Gasteiger partial charge is 0.487 e. The van der Waals surface area contributed by atoms with Gasteiger partial charge in [-0.05, 0) is 44.7 Å². The third-order valence-corrected chi connectivity index (χ3v) is 4.55. The second-order valence-corrected chi connectivity index (χ2v) is 6.02. The molecule has 1 aromatic carbocycles. The lowest BCUT2D eigenvalue weighted by molar-refractivity contribution is -0.385. The molecule has 0 unspecified atom stereocenters. The number of ether oxygens (including phenoxy) is 2. The van der Waals surface area contributed by atoms with Crippen LogP contribution in [0.15, 0.2) is 18.2 Å². The Morgan fingerprint density at radius 2 is 2.32 bits per heavy atom. The topological polar surface area (TPSA) is 73.6 Å². The fourth-order valence-electron chi connectivity index (χ4n) is 3.45. The van der Waals surface area contributed by atoms with Crippen LogP contribution in [0.4, 0.5) is 5.69 Å². The third kappa shape index (κ3) is 2.94. The van der Waals surface area contributed by atoms with Gasteiger partial charge in [0.25, 0.3) is 0 Å². The Balaban J connectivity index is 1.73. The van der Waals surface area contributed by atoms with Crippen molar-refractivity contribution in [2.45, 2.75) is 57.4 Å². The number of nitro benzene ring substituents is 1. The van der Waals surface area contributed by atoms with Gasteiger partial charge in [-0.15, -0.1) is 0 Å². The van der Waals surface area contributed by atoms with Crippen molar-refractivity contribution in [2.24, 2.45) is 0 Å². The number of benzene rings is 1. The van der Waals surface area contributed by atoms with Crippen LogP contribution in [0.25, 0.3) is 0 Å². The minimum absolute atomic E-state index is 0.0252. The Hall–Kier alpha value is -1.66. The van der Waals surface area contributed by atoms with E-state index in [0.717, 1.165) is 24.8 Å². The quantitative estimate of drug-likeness (QED) is 0.646. The average Bonchev–Trinajstić information content (AvgIpc) is 3.10. The Bertz CT molecular complexity index is 563. The van der Waals surface area contributed by atoms with E-state index in [-0.39, 0.29) is 16.7 Å². The molecule has 2 fully saturated rings. The first-order valence-electron chi connectivity index (χ1n) is 7.91. The second-order valence-electron chi connectivity index (χ2n) is 6.02. The molecule has 0 aromatic heterocycles. The van der Waals surface area contributed by atoms with E-state index in [2.05, 4.69) is 5.32 Å². The van der Waals surface area contributed by atoms with E-state index in [1.54, 1.807) is 12.1 Å². The van der Waals surface area contributed by atoms with Crippen LogP contribution in [0.3, 0.4) is 0 Å². The minimum Gasteiger partial charge on any atom is -0.487 e. The maximum absolute atomic E-state index is 11.2. The molecule has 1 N–H and O–H groups in total. The van der Waals surface area contributed by atoms with Gasteiger partial charge in [-0.1, -0.05) is 6.07 Å². The van der Waals surface area contributed by atoms with Gasteiger partial charge in [-0.2, -0.15) is 0 Å². The van der Waals surface area contributed by atoms with Gasteiger partial charge < -0.3 is 14.8 Å². The van der Waals surface area contributed by atoms with Gasteiger partial charge in [0, 0.05) is 18.2 Å². The van der Waals surface area contributed by atoms with Crippen LogP contribution in [-0.2, 0) is 4.74 Å². The van der Waals surface area contributed by atoms with Crippen molar-refractivity contribution in [2.75, 3.05) is 6.61 Å². The van der Waals surface area contributed by atoms with Crippen LogP contribution in [0, 0.1) is 10.1 Å². The summed E-state index contributed by atoms with van der Waals surface area (Å²) in [6.07, 6.45) is 3.99. The summed E-state index contributed by atoms with van der Waals surface area (Å²) in [6.45, 7) is 4.26. The minimum atomic E-state index is -0.387. The van der Waals surface area contributed by atoms with E-state index in [4.69, 9.17) is 9.47 Å². The van der Waals surface area contributed by atoms with Gasteiger partial charge >= 0.3 is 5.69 Å². The Morgan fingerprint density at radius 1 is 1.50 bits per heavy atom. The second kappa shape index (κ2) is 6.22. The normalized spacial score (nSPS) is 27.8. The van der Waals surface area contributed by atoms with Gasteiger partial charge in [-0.25, -0.2) is 0 Å². The Morgan fingerprint density at radius 3 is 2.91 bits per heavy atom. The number of nitrogens with zero attached hydrogens (tertiary/aromatic N) is 1. The molecule has 3 rings (SSSR count). The van der Waals surface area contributed by atoms with Crippen molar-refractivity contribution in [3.8, 4) is 5.75 Å². The summed E-state index contributed by atoms with van der Waals surface area (Å²) in [5, 5.41) is 14.8. The average molecular weight is 306 g/mol. The summed E-state index contributed by atoms with van der Waals surface area (Å²) in [7, 11) is 0. The molecule has 6 heteroatoms. The number of hydrogen-bond acceptors (Lipinski definition) is 5. The predicted molar refractivity (Wildman–Crippen MR) is 82.1 cm³/mol. The first-order chi connectivity index (χ1) is 10.6. The summed E-state index contributed by atoms with van der Waals surface area (Å²) in [5.41, 5.74) is 0.926.